The van der Waals surface area contributed by atoms with Gasteiger partial charge in [0, 0.05) is 57.3 Å². The van der Waals surface area contributed by atoms with Gasteiger partial charge in [-0.1, -0.05) is 0 Å². The topological polar surface area (TPSA) is 66.6 Å². The molecule has 2 amide bonds. The molecule has 134 valence electrons. The molecule has 1 aliphatic rings. The van der Waals surface area contributed by atoms with Crippen LogP contribution in [-0.4, -0.2) is 62.6 Å². The summed E-state index contributed by atoms with van der Waals surface area (Å²) in [4.78, 5) is 24.4. The summed E-state index contributed by atoms with van der Waals surface area (Å²) in [5, 5.41) is 4.70. The van der Waals surface area contributed by atoms with Crippen LogP contribution in [0.4, 0.5) is 4.79 Å². The maximum Gasteiger partial charge on any atom is 0.319 e. The second kappa shape index (κ2) is 6.74. The van der Waals surface area contributed by atoms with E-state index in [1.807, 2.05) is 33.8 Å². The summed E-state index contributed by atoms with van der Waals surface area (Å²) in [5.74, 6) is 1.17. The van der Waals surface area contributed by atoms with Crippen LogP contribution >= 0.6 is 0 Å². The molecule has 0 saturated carbocycles. The van der Waals surface area contributed by atoms with Crippen LogP contribution in [0.25, 0.3) is 16.8 Å². The molecular formula is C19H22N6O. The van der Waals surface area contributed by atoms with E-state index in [1.165, 1.54) is 0 Å². The number of carbonyl (C=O) groups excluding carboxylic acids is 1. The first kappa shape index (κ1) is 16.5. The van der Waals surface area contributed by atoms with Crippen molar-refractivity contribution in [2.24, 2.45) is 0 Å². The molecule has 3 aromatic rings. The van der Waals surface area contributed by atoms with E-state index in [0.717, 1.165) is 48.5 Å². The smallest absolute Gasteiger partial charge is 0.319 e. The fraction of sp³-hybridized carbons (Fsp3) is 0.368. The van der Waals surface area contributed by atoms with Crippen LogP contribution < -0.4 is 0 Å². The number of pyridine rings is 2. The van der Waals surface area contributed by atoms with Gasteiger partial charge in [0.2, 0.25) is 0 Å². The Morgan fingerprint density at radius 1 is 1.08 bits per heavy atom. The first-order valence-corrected chi connectivity index (χ1v) is 8.85. The molecule has 4 rings (SSSR count). The number of urea groups is 1. The average molecular weight is 350 g/mol. The molecule has 0 bridgehead atoms. The lowest BCUT2D eigenvalue weighted by Crippen LogP contribution is -2.43. The van der Waals surface area contributed by atoms with Gasteiger partial charge in [-0.3, -0.25) is 4.98 Å². The third-order valence-electron chi connectivity index (χ3n) is 4.87. The van der Waals surface area contributed by atoms with Crippen molar-refractivity contribution >= 4 is 11.7 Å². The van der Waals surface area contributed by atoms with Gasteiger partial charge < -0.3 is 9.80 Å². The van der Waals surface area contributed by atoms with Crippen LogP contribution in [0.3, 0.4) is 0 Å². The molecule has 0 spiro atoms. The van der Waals surface area contributed by atoms with E-state index in [9.17, 15) is 4.79 Å². The molecule has 0 radical (unpaired) electrons. The summed E-state index contributed by atoms with van der Waals surface area (Å²) in [6.07, 6.45) is 7.37. The van der Waals surface area contributed by atoms with E-state index >= 15 is 0 Å². The third-order valence-corrected chi connectivity index (χ3v) is 4.87. The van der Waals surface area contributed by atoms with Gasteiger partial charge in [-0.2, -0.15) is 5.10 Å². The second-order valence-electron chi connectivity index (χ2n) is 6.86. The molecule has 1 fully saturated rings. The SMILES string of the molecule is CN(C)C(=O)N1CCC(c2nc3ccc(-c4ccncc4)cn3n2)CC1. The Kier molecular flexibility index (Phi) is 4.28. The van der Waals surface area contributed by atoms with Crippen molar-refractivity contribution < 1.29 is 4.79 Å². The van der Waals surface area contributed by atoms with Gasteiger partial charge in [0.1, 0.15) is 0 Å². The number of amides is 2. The monoisotopic (exact) mass is 350 g/mol. The first-order chi connectivity index (χ1) is 12.6. The highest BCUT2D eigenvalue weighted by molar-refractivity contribution is 5.73. The zero-order chi connectivity index (χ0) is 18.1. The van der Waals surface area contributed by atoms with Gasteiger partial charge >= 0.3 is 6.03 Å². The minimum Gasteiger partial charge on any atom is -0.331 e. The number of hydrogen-bond donors (Lipinski definition) is 0. The number of piperidine rings is 1. The Balaban J connectivity index is 1.52. The number of hydrogen-bond acceptors (Lipinski definition) is 4. The first-order valence-electron chi connectivity index (χ1n) is 8.85. The number of nitrogens with zero attached hydrogens (tertiary/aromatic N) is 6. The quantitative estimate of drug-likeness (QED) is 0.713. The van der Waals surface area contributed by atoms with E-state index in [0.29, 0.717) is 5.92 Å². The second-order valence-corrected chi connectivity index (χ2v) is 6.86. The zero-order valence-corrected chi connectivity index (χ0v) is 15.0. The molecule has 1 aliphatic heterocycles. The minimum absolute atomic E-state index is 0.0772. The van der Waals surface area contributed by atoms with Gasteiger partial charge in [0.25, 0.3) is 0 Å². The van der Waals surface area contributed by atoms with E-state index in [4.69, 9.17) is 10.1 Å². The fourth-order valence-corrected chi connectivity index (χ4v) is 3.40. The van der Waals surface area contributed by atoms with Gasteiger partial charge in [-0.15, -0.1) is 0 Å². The van der Waals surface area contributed by atoms with Crippen LogP contribution in [0.5, 0.6) is 0 Å². The fourth-order valence-electron chi connectivity index (χ4n) is 3.40. The molecule has 0 aromatic carbocycles. The molecule has 0 unspecified atom stereocenters. The van der Waals surface area contributed by atoms with E-state index < -0.39 is 0 Å². The number of fused-ring (bicyclic) bond motifs is 1. The Labute approximate surface area is 152 Å². The minimum atomic E-state index is 0.0772. The summed E-state index contributed by atoms with van der Waals surface area (Å²) in [7, 11) is 3.58. The van der Waals surface area contributed by atoms with Gasteiger partial charge in [-0.25, -0.2) is 14.3 Å². The molecule has 7 nitrogen and oxygen atoms in total. The van der Waals surface area contributed by atoms with Gasteiger partial charge in [-0.05, 0) is 42.7 Å². The van der Waals surface area contributed by atoms with Crippen molar-refractivity contribution in [3.05, 3.63) is 48.7 Å². The molecule has 26 heavy (non-hydrogen) atoms. The zero-order valence-electron chi connectivity index (χ0n) is 15.0. The number of carbonyl (C=O) groups is 1. The summed E-state index contributed by atoms with van der Waals surface area (Å²) in [6, 6.07) is 8.10. The lowest BCUT2D eigenvalue weighted by molar-refractivity contribution is 0.155. The largest absolute Gasteiger partial charge is 0.331 e. The Morgan fingerprint density at radius 3 is 2.50 bits per heavy atom. The third kappa shape index (κ3) is 3.12. The highest BCUT2D eigenvalue weighted by Gasteiger charge is 2.27. The summed E-state index contributed by atoms with van der Waals surface area (Å²) in [6.45, 7) is 1.50. The predicted molar refractivity (Wildman–Crippen MR) is 98.8 cm³/mol. The van der Waals surface area contributed by atoms with Crippen LogP contribution in [0.2, 0.25) is 0 Å². The van der Waals surface area contributed by atoms with Crippen LogP contribution in [-0.2, 0) is 0 Å². The lowest BCUT2D eigenvalue weighted by Gasteiger charge is -2.32. The van der Waals surface area contributed by atoms with Gasteiger partial charge in [0.05, 0.1) is 0 Å². The molecule has 1 saturated heterocycles. The van der Waals surface area contributed by atoms with Crippen LogP contribution in [0, 0.1) is 0 Å². The maximum absolute atomic E-state index is 12.1. The number of aromatic nitrogens is 4. The molecule has 7 heteroatoms. The molecule has 0 atom stereocenters. The van der Waals surface area contributed by atoms with Crippen molar-refractivity contribution in [1.29, 1.82) is 0 Å². The normalized spacial score (nSPS) is 15.4. The summed E-state index contributed by atoms with van der Waals surface area (Å²) < 4.78 is 1.85. The highest BCUT2D eigenvalue weighted by Crippen LogP contribution is 2.27. The molecule has 0 N–H and O–H groups in total. The Bertz CT molecular complexity index is 912. The maximum atomic E-state index is 12.1. The van der Waals surface area contributed by atoms with E-state index in [-0.39, 0.29) is 6.03 Å². The van der Waals surface area contributed by atoms with E-state index in [2.05, 4.69) is 11.1 Å². The van der Waals surface area contributed by atoms with Crippen molar-refractivity contribution in [2.75, 3.05) is 27.2 Å². The van der Waals surface area contributed by atoms with E-state index in [1.54, 1.807) is 31.4 Å². The predicted octanol–water partition coefficient (Wildman–Crippen LogP) is 2.65. The molecule has 0 aliphatic carbocycles. The summed E-state index contributed by atoms with van der Waals surface area (Å²) in [5.41, 5.74) is 3.04. The molecular weight excluding hydrogens is 328 g/mol. The lowest BCUT2D eigenvalue weighted by atomic mass is 9.96. The Hall–Kier alpha value is -2.96. The molecule has 4 heterocycles. The van der Waals surface area contributed by atoms with Gasteiger partial charge in [0.15, 0.2) is 11.5 Å². The average Bonchev–Trinajstić information content (AvgIpc) is 3.11. The van der Waals surface area contributed by atoms with Crippen molar-refractivity contribution in [2.45, 2.75) is 18.8 Å². The molecule has 3 aromatic heterocycles. The van der Waals surface area contributed by atoms with Crippen molar-refractivity contribution in [3.8, 4) is 11.1 Å². The Morgan fingerprint density at radius 2 is 1.81 bits per heavy atom. The van der Waals surface area contributed by atoms with Crippen LogP contribution in [0.15, 0.2) is 42.9 Å². The highest BCUT2D eigenvalue weighted by atomic mass is 16.2. The standard InChI is InChI=1S/C19H22N6O/c1-23(2)19(26)24-11-7-15(8-12-24)18-21-17-4-3-16(13-25(17)22-18)14-5-9-20-10-6-14/h3-6,9-10,13,15H,7-8,11-12H2,1-2H3. The number of rotatable bonds is 2. The number of likely N-dealkylation sites (tertiary alicyclic amines) is 1. The van der Waals surface area contributed by atoms with Crippen molar-refractivity contribution in [3.63, 3.8) is 0 Å². The summed E-state index contributed by atoms with van der Waals surface area (Å²) >= 11 is 0. The van der Waals surface area contributed by atoms with Crippen molar-refractivity contribution in [1.82, 2.24) is 29.4 Å². The van der Waals surface area contributed by atoms with Crippen LogP contribution in [0.1, 0.15) is 24.6 Å².